The van der Waals surface area contributed by atoms with Crippen molar-refractivity contribution >= 4 is 27.7 Å². The lowest BCUT2D eigenvalue weighted by molar-refractivity contribution is -0.130. The summed E-state index contributed by atoms with van der Waals surface area (Å²) in [6.45, 7) is 1.06. The van der Waals surface area contributed by atoms with Crippen molar-refractivity contribution in [2.75, 3.05) is 19.6 Å². The quantitative estimate of drug-likeness (QED) is 0.771. The predicted molar refractivity (Wildman–Crippen MR) is 74.7 cm³/mol. The first kappa shape index (κ1) is 14.4. The van der Waals surface area contributed by atoms with Gasteiger partial charge in [-0.1, -0.05) is 15.9 Å². The van der Waals surface area contributed by atoms with Crippen LogP contribution in [0.4, 0.5) is 8.78 Å². The highest BCUT2D eigenvalue weighted by Gasteiger charge is 2.38. The van der Waals surface area contributed by atoms with Crippen molar-refractivity contribution in [1.82, 2.24) is 9.80 Å². The first-order valence-corrected chi connectivity index (χ1v) is 7.50. The van der Waals surface area contributed by atoms with Crippen LogP contribution in [-0.2, 0) is 4.79 Å². The summed E-state index contributed by atoms with van der Waals surface area (Å²) in [5, 5.41) is 0. The van der Waals surface area contributed by atoms with Crippen LogP contribution < -0.4 is 0 Å². The van der Waals surface area contributed by atoms with E-state index in [4.69, 9.17) is 0 Å². The zero-order chi connectivity index (χ0) is 15.1. The predicted octanol–water partition coefficient (Wildman–Crippen LogP) is 2.17. The number of nitrogens with zero attached hydrogens (tertiary/aromatic N) is 2. The maximum atomic E-state index is 13.9. The molecule has 1 unspecified atom stereocenters. The minimum absolute atomic E-state index is 0.0308. The van der Waals surface area contributed by atoms with Crippen LogP contribution in [0.1, 0.15) is 23.2 Å². The molecular formula is C14H13BrF2N2O2. The van der Waals surface area contributed by atoms with Gasteiger partial charge in [0.2, 0.25) is 5.91 Å². The van der Waals surface area contributed by atoms with Crippen molar-refractivity contribution in [3.8, 4) is 0 Å². The Kier molecular flexibility index (Phi) is 3.69. The van der Waals surface area contributed by atoms with Gasteiger partial charge in [-0.05, 0) is 18.6 Å². The lowest BCUT2D eigenvalue weighted by Crippen LogP contribution is -2.53. The number of carbonyl (C=O) groups excluding carboxylic acids is 2. The second-order valence-corrected chi connectivity index (χ2v) is 6.19. The average Bonchev–Trinajstić information content (AvgIpc) is 2.78. The molecule has 4 nitrogen and oxygen atoms in total. The highest BCUT2D eigenvalue weighted by atomic mass is 79.9. The number of halogens is 3. The van der Waals surface area contributed by atoms with Crippen molar-refractivity contribution in [2.24, 2.45) is 0 Å². The van der Waals surface area contributed by atoms with Crippen LogP contribution in [0.3, 0.4) is 0 Å². The molecule has 1 aromatic carbocycles. The number of hydrogen-bond acceptors (Lipinski definition) is 2. The molecule has 0 aromatic heterocycles. The van der Waals surface area contributed by atoms with Gasteiger partial charge >= 0.3 is 0 Å². The SMILES string of the molecule is O=C(c1c(F)cc(Br)cc1F)N1CCN2C(=O)CCC2C1. The van der Waals surface area contributed by atoms with Crippen LogP contribution in [0.15, 0.2) is 16.6 Å². The zero-order valence-corrected chi connectivity index (χ0v) is 12.7. The minimum atomic E-state index is -0.878. The van der Waals surface area contributed by atoms with Gasteiger partial charge in [-0.15, -0.1) is 0 Å². The van der Waals surface area contributed by atoms with Crippen LogP contribution >= 0.6 is 15.9 Å². The molecular weight excluding hydrogens is 346 g/mol. The van der Waals surface area contributed by atoms with Gasteiger partial charge in [0.15, 0.2) is 0 Å². The number of amides is 2. The van der Waals surface area contributed by atoms with Crippen LogP contribution in [0.2, 0.25) is 0 Å². The van der Waals surface area contributed by atoms with Gasteiger partial charge in [0, 0.05) is 36.6 Å². The lowest BCUT2D eigenvalue weighted by atomic mass is 10.1. The van der Waals surface area contributed by atoms with E-state index < -0.39 is 23.1 Å². The van der Waals surface area contributed by atoms with E-state index in [9.17, 15) is 18.4 Å². The Morgan fingerprint density at radius 1 is 1.24 bits per heavy atom. The Hall–Kier alpha value is -1.50. The Balaban J connectivity index is 1.82. The van der Waals surface area contributed by atoms with Gasteiger partial charge in [-0.2, -0.15) is 0 Å². The van der Waals surface area contributed by atoms with Gasteiger partial charge < -0.3 is 9.80 Å². The summed E-state index contributed by atoms with van der Waals surface area (Å²) in [7, 11) is 0. The summed E-state index contributed by atoms with van der Waals surface area (Å²) < 4.78 is 28.0. The third-order valence-corrected chi connectivity index (χ3v) is 4.46. The van der Waals surface area contributed by atoms with Gasteiger partial charge in [0.25, 0.3) is 5.91 Å². The standard InChI is InChI=1S/C14H13BrF2N2O2/c15-8-5-10(16)13(11(17)6-8)14(21)18-3-4-19-9(7-18)1-2-12(19)20/h5-6,9H,1-4,7H2. The first-order valence-electron chi connectivity index (χ1n) is 6.70. The third-order valence-electron chi connectivity index (χ3n) is 4.00. The van der Waals surface area contributed by atoms with Crippen molar-refractivity contribution in [2.45, 2.75) is 18.9 Å². The molecule has 2 saturated heterocycles. The summed E-state index contributed by atoms with van der Waals surface area (Å²) in [5.41, 5.74) is -0.532. The van der Waals surface area contributed by atoms with E-state index in [1.165, 1.54) is 4.90 Å². The summed E-state index contributed by atoms with van der Waals surface area (Å²) in [6.07, 6.45) is 1.17. The average molecular weight is 359 g/mol. The highest BCUT2D eigenvalue weighted by Crippen LogP contribution is 2.26. The third kappa shape index (κ3) is 2.54. The molecule has 0 radical (unpaired) electrons. The van der Waals surface area contributed by atoms with Gasteiger partial charge in [-0.3, -0.25) is 9.59 Å². The summed E-state index contributed by atoms with van der Waals surface area (Å²) in [4.78, 5) is 27.1. The highest BCUT2D eigenvalue weighted by molar-refractivity contribution is 9.10. The number of piperazine rings is 1. The van der Waals surface area contributed by atoms with E-state index in [1.807, 2.05) is 0 Å². The molecule has 2 aliphatic heterocycles. The molecule has 0 spiro atoms. The maximum Gasteiger partial charge on any atom is 0.259 e. The van der Waals surface area contributed by atoms with Crippen molar-refractivity contribution in [3.05, 3.63) is 33.8 Å². The molecule has 2 fully saturated rings. The molecule has 0 N–H and O–H groups in total. The van der Waals surface area contributed by atoms with Crippen LogP contribution in [0.5, 0.6) is 0 Å². The molecule has 7 heteroatoms. The molecule has 2 heterocycles. The Morgan fingerprint density at radius 3 is 2.57 bits per heavy atom. The largest absolute Gasteiger partial charge is 0.336 e. The van der Waals surface area contributed by atoms with Crippen molar-refractivity contribution < 1.29 is 18.4 Å². The van der Waals surface area contributed by atoms with Gasteiger partial charge in [-0.25, -0.2) is 8.78 Å². The molecule has 1 atom stereocenters. The van der Waals surface area contributed by atoms with E-state index >= 15 is 0 Å². The molecule has 21 heavy (non-hydrogen) atoms. The second-order valence-electron chi connectivity index (χ2n) is 5.28. The lowest BCUT2D eigenvalue weighted by Gasteiger charge is -2.37. The fraction of sp³-hybridized carbons (Fsp3) is 0.429. The number of hydrogen-bond donors (Lipinski definition) is 0. The van der Waals surface area contributed by atoms with Crippen LogP contribution in [0, 0.1) is 11.6 Å². The topological polar surface area (TPSA) is 40.6 Å². The van der Waals surface area contributed by atoms with Crippen LogP contribution in [-0.4, -0.2) is 47.3 Å². The number of rotatable bonds is 1. The smallest absolute Gasteiger partial charge is 0.259 e. The van der Waals surface area contributed by atoms with E-state index in [1.54, 1.807) is 4.90 Å². The number of carbonyl (C=O) groups is 2. The molecule has 112 valence electrons. The van der Waals surface area contributed by atoms with E-state index in [-0.39, 0.29) is 16.4 Å². The second kappa shape index (κ2) is 5.36. The molecule has 3 rings (SSSR count). The monoisotopic (exact) mass is 358 g/mol. The Labute approximate surface area is 128 Å². The Morgan fingerprint density at radius 2 is 1.90 bits per heavy atom. The summed E-state index contributed by atoms with van der Waals surface area (Å²) >= 11 is 2.99. The molecule has 0 aliphatic carbocycles. The Bertz CT molecular complexity index is 600. The van der Waals surface area contributed by atoms with Crippen LogP contribution in [0.25, 0.3) is 0 Å². The van der Waals surface area contributed by atoms with E-state index in [2.05, 4.69) is 15.9 Å². The molecule has 2 amide bonds. The maximum absolute atomic E-state index is 13.9. The van der Waals surface area contributed by atoms with Gasteiger partial charge in [0.05, 0.1) is 0 Å². The van der Waals surface area contributed by atoms with E-state index in [0.29, 0.717) is 32.5 Å². The minimum Gasteiger partial charge on any atom is -0.336 e. The van der Waals surface area contributed by atoms with Gasteiger partial charge in [0.1, 0.15) is 17.2 Å². The van der Waals surface area contributed by atoms with Crippen molar-refractivity contribution in [1.29, 1.82) is 0 Å². The molecule has 0 saturated carbocycles. The molecule has 2 aliphatic rings. The molecule has 0 bridgehead atoms. The first-order chi connectivity index (χ1) is 9.97. The summed E-state index contributed by atoms with van der Waals surface area (Å²) in [6, 6.07) is 2.12. The normalized spacial score (nSPS) is 21.7. The fourth-order valence-corrected chi connectivity index (χ4v) is 3.36. The number of fused-ring (bicyclic) bond motifs is 1. The van der Waals surface area contributed by atoms with Crippen molar-refractivity contribution in [3.63, 3.8) is 0 Å². The molecule has 1 aromatic rings. The summed E-state index contributed by atoms with van der Waals surface area (Å²) in [5.74, 6) is -2.32. The zero-order valence-electron chi connectivity index (χ0n) is 11.1. The number of benzene rings is 1. The fourth-order valence-electron chi connectivity index (χ4n) is 2.95. The van der Waals surface area contributed by atoms with E-state index in [0.717, 1.165) is 12.1 Å².